The first-order chi connectivity index (χ1) is 12.3. The lowest BCUT2D eigenvalue weighted by Crippen LogP contribution is -2.37. The number of carbonyl (C=O) groups excluding carboxylic acids is 1. The van der Waals surface area contributed by atoms with E-state index in [1.165, 1.54) is 48.7 Å². The Balaban J connectivity index is 1.37. The summed E-state index contributed by atoms with van der Waals surface area (Å²) in [5, 5.41) is 15.0. The molecule has 0 aromatic carbocycles. The highest BCUT2D eigenvalue weighted by atomic mass is 32.2. The third-order valence-corrected chi connectivity index (χ3v) is 6.68. The molecule has 1 amide bonds. The van der Waals surface area contributed by atoms with E-state index in [9.17, 15) is 4.79 Å². The van der Waals surface area contributed by atoms with Crippen molar-refractivity contribution in [2.24, 2.45) is 0 Å². The number of thioether (sulfide) groups is 1. The highest BCUT2D eigenvalue weighted by Crippen LogP contribution is 2.39. The van der Waals surface area contributed by atoms with Gasteiger partial charge in [-0.15, -0.1) is 21.5 Å². The first-order valence-electron chi connectivity index (χ1n) is 9.18. The van der Waals surface area contributed by atoms with Crippen molar-refractivity contribution in [2.45, 2.75) is 68.6 Å². The average molecular weight is 377 g/mol. The molecule has 134 valence electrons. The Hall–Kier alpha value is -1.34. The maximum Gasteiger partial charge on any atom is 0.230 e. The van der Waals surface area contributed by atoms with Gasteiger partial charge in [-0.3, -0.25) is 4.79 Å². The predicted molar refractivity (Wildman–Crippen MR) is 101 cm³/mol. The van der Waals surface area contributed by atoms with Gasteiger partial charge in [-0.1, -0.05) is 37.1 Å². The molecule has 2 saturated carbocycles. The zero-order valence-electron chi connectivity index (χ0n) is 14.3. The number of aromatic nitrogens is 3. The molecule has 2 aromatic heterocycles. The van der Waals surface area contributed by atoms with E-state index in [-0.39, 0.29) is 5.91 Å². The smallest absolute Gasteiger partial charge is 0.230 e. The van der Waals surface area contributed by atoms with E-state index < -0.39 is 0 Å². The second-order valence-electron chi connectivity index (χ2n) is 6.95. The molecule has 7 heteroatoms. The number of hydrogen-bond donors (Lipinski definition) is 1. The Morgan fingerprint density at radius 3 is 2.80 bits per heavy atom. The standard InChI is InChI=1S/C18H24N4OS2/c23-17(19-13-5-2-1-3-6-13)12-25-18-21-20-16(22(18)14-8-9-14)11-15-7-4-10-24-15/h4,7,10,13-14H,1-3,5-6,8-9,11-12H2,(H,19,23). The average Bonchev–Trinajstić information content (AvgIpc) is 3.17. The Labute approximate surface area is 156 Å². The largest absolute Gasteiger partial charge is 0.353 e. The van der Waals surface area contributed by atoms with Gasteiger partial charge in [0, 0.05) is 23.4 Å². The molecule has 5 nitrogen and oxygen atoms in total. The van der Waals surface area contributed by atoms with Gasteiger partial charge in [-0.2, -0.15) is 0 Å². The maximum absolute atomic E-state index is 12.3. The molecule has 2 heterocycles. The molecule has 0 saturated heterocycles. The summed E-state index contributed by atoms with van der Waals surface area (Å²) >= 11 is 3.28. The van der Waals surface area contributed by atoms with Gasteiger partial charge in [-0.25, -0.2) is 0 Å². The SMILES string of the molecule is O=C(CSc1nnc(Cc2cccs2)n1C1CC1)NC1CCCCC1. The van der Waals surface area contributed by atoms with Crippen LogP contribution in [0.1, 0.15) is 61.7 Å². The number of nitrogens with zero attached hydrogens (tertiary/aromatic N) is 3. The molecule has 1 N–H and O–H groups in total. The van der Waals surface area contributed by atoms with Gasteiger partial charge in [0.05, 0.1) is 5.75 Å². The van der Waals surface area contributed by atoms with Crippen LogP contribution in [0.15, 0.2) is 22.7 Å². The highest BCUT2D eigenvalue weighted by Gasteiger charge is 2.30. The van der Waals surface area contributed by atoms with Crippen LogP contribution in [0.25, 0.3) is 0 Å². The fourth-order valence-corrected chi connectivity index (χ4v) is 4.98. The van der Waals surface area contributed by atoms with Gasteiger partial charge in [-0.05, 0) is 37.1 Å². The van der Waals surface area contributed by atoms with Crippen molar-refractivity contribution in [3.63, 3.8) is 0 Å². The summed E-state index contributed by atoms with van der Waals surface area (Å²) in [5.41, 5.74) is 0. The quantitative estimate of drug-likeness (QED) is 0.747. The topological polar surface area (TPSA) is 59.8 Å². The minimum Gasteiger partial charge on any atom is -0.353 e. The highest BCUT2D eigenvalue weighted by molar-refractivity contribution is 7.99. The van der Waals surface area contributed by atoms with Gasteiger partial charge < -0.3 is 9.88 Å². The lowest BCUT2D eigenvalue weighted by molar-refractivity contribution is -0.119. The summed E-state index contributed by atoms with van der Waals surface area (Å²) in [4.78, 5) is 13.6. The Morgan fingerprint density at radius 2 is 2.08 bits per heavy atom. The number of rotatable bonds is 7. The third-order valence-electron chi connectivity index (χ3n) is 4.86. The fraction of sp³-hybridized carbons (Fsp3) is 0.611. The van der Waals surface area contributed by atoms with E-state index in [4.69, 9.17) is 0 Å². The summed E-state index contributed by atoms with van der Waals surface area (Å²) in [6.45, 7) is 0. The first kappa shape index (κ1) is 17.1. The fourth-order valence-electron chi connectivity index (χ4n) is 3.44. The summed E-state index contributed by atoms with van der Waals surface area (Å²) < 4.78 is 2.26. The molecule has 0 spiro atoms. The third kappa shape index (κ3) is 4.44. The molecule has 0 atom stereocenters. The van der Waals surface area contributed by atoms with Gasteiger partial charge in [0.15, 0.2) is 5.16 Å². The van der Waals surface area contributed by atoms with Crippen LogP contribution in [-0.2, 0) is 11.2 Å². The molecular weight excluding hydrogens is 352 g/mol. The second-order valence-corrected chi connectivity index (χ2v) is 8.92. The molecule has 0 bridgehead atoms. The summed E-state index contributed by atoms with van der Waals surface area (Å²) in [6.07, 6.45) is 9.24. The van der Waals surface area contributed by atoms with Crippen LogP contribution in [0.5, 0.6) is 0 Å². The Bertz CT molecular complexity index is 703. The van der Waals surface area contributed by atoms with Crippen LogP contribution in [0.4, 0.5) is 0 Å². The molecule has 0 unspecified atom stereocenters. The Morgan fingerprint density at radius 1 is 1.24 bits per heavy atom. The van der Waals surface area contributed by atoms with E-state index in [2.05, 4.69) is 37.6 Å². The van der Waals surface area contributed by atoms with E-state index in [0.29, 0.717) is 17.8 Å². The number of amides is 1. The molecule has 2 fully saturated rings. The maximum atomic E-state index is 12.3. The Kier molecular flexibility index (Phi) is 5.41. The normalized spacial score (nSPS) is 18.4. The van der Waals surface area contributed by atoms with E-state index in [1.54, 1.807) is 11.3 Å². The zero-order chi connectivity index (χ0) is 17.1. The predicted octanol–water partition coefficient (Wildman–Crippen LogP) is 3.81. The van der Waals surface area contributed by atoms with Crippen molar-refractivity contribution in [1.29, 1.82) is 0 Å². The van der Waals surface area contributed by atoms with Crippen LogP contribution >= 0.6 is 23.1 Å². The van der Waals surface area contributed by atoms with E-state index in [0.717, 1.165) is 30.2 Å². The first-order valence-corrected chi connectivity index (χ1v) is 11.0. The van der Waals surface area contributed by atoms with Gasteiger partial charge in [0.25, 0.3) is 0 Å². The molecule has 2 aromatic rings. The lowest BCUT2D eigenvalue weighted by atomic mass is 9.95. The van der Waals surface area contributed by atoms with Crippen molar-refractivity contribution in [2.75, 3.05) is 5.75 Å². The van der Waals surface area contributed by atoms with Gasteiger partial charge in [0.2, 0.25) is 5.91 Å². The number of hydrogen-bond acceptors (Lipinski definition) is 5. The van der Waals surface area contributed by atoms with Crippen molar-refractivity contribution < 1.29 is 4.79 Å². The number of nitrogens with one attached hydrogen (secondary N) is 1. The van der Waals surface area contributed by atoms with Crippen LogP contribution in [0.3, 0.4) is 0 Å². The van der Waals surface area contributed by atoms with Crippen molar-refractivity contribution in [3.8, 4) is 0 Å². The monoisotopic (exact) mass is 376 g/mol. The van der Waals surface area contributed by atoms with Crippen LogP contribution in [0, 0.1) is 0 Å². The van der Waals surface area contributed by atoms with Crippen molar-refractivity contribution in [3.05, 3.63) is 28.2 Å². The molecule has 25 heavy (non-hydrogen) atoms. The zero-order valence-corrected chi connectivity index (χ0v) is 16.0. The molecule has 0 aliphatic heterocycles. The molecule has 4 rings (SSSR count). The minimum atomic E-state index is 0.127. The lowest BCUT2D eigenvalue weighted by Gasteiger charge is -2.22. The molecule has 2 aliphatic rings. The van der Waals surface area contributed by atoms with Crippen molar-refractivity contribution in [1.82, 2.24) is 20.1 Å². The number of carbonyl (C=O) groups is 1. The van der Waals surface area contributed by atoms with Crippen LogP contribution in [-0.4, -0.2) is 32.5 Å². The van der Waals surface area contributed by atoms with Gasteiger partial charge in [0.1, 0.15) is 5.82 Å². The number of thiophene rings is 1. The van der Waals surface area contributed by atoms with Crippen molar-refractivity contribution >= 4 is 29.0 Å². The molecule has 2 aliphatic carbocycles. The summed E-state index contributed by atoms with van der Waals surface area (Å²) in [7, 11) is 0. The van der Waals surface area contributed by atoms with Crippen LogP contribution in [0.2, 0.25) is 0 Å². The second kappa shape index (κ2) is 7.91. The molecule has 0 radical (unpaired) electrons. The molecular formula is C18H24N4OS2. The summed E-state index contributed by atoms with van der Waals surface area (Å²) in [5.74, 6) is 1.59. The minimum absolute atomic E-state index is 0.127. The van der Waals surface area contributed by atoms with Gasteiger partial charge >= 0.3 is 0 Å². The summed E-state index contributed by atoms with van der Waals surface area (Å²) in [6, 6.07) is 5.11. The van der Waals surface area contributed by atoms with Crippen LogP contribution < -0.4 is 5.32 Å². The van der Waals surface area contributed by atoms with E-state index >= 15 is 0 Å². The van der Waals surface area contributed by atoms with E-state index in [1.807, 2.05) is 0 Å².